The number of hydrogen-bond donors (Lipinski definition) is 0. The minimum atomic E-state index is 0.894. The molecule has 0 fully saturated rings. The molecule has 4 rings (SSSR count). The third kappa shape index (κ3) is 5.83. The first kappa shape index (κ1) is 20.4. The van der Waals surface area contributed by atoms with Crippen LogP contribution in [0, 0.1) is 20.8 Å². The summed E-state index contributed by atoms with van der Waals surface area (Å²) in [6.07, 6.45) is 0. The number of benzene rings is 4. The van der Waals surface area contributed by atoms with E-state index in [0.717, 1.165) is 5.75 Å². The quantitative estimate of drug-likeness (QED) is 0.355. The van der Waals surface area contributed by atoms with Crippen molar-refractivity contribution < 1.29 is 4.74 Å². The maximum Gasteiger partial charge on any atom is 0.118 e. The molecule has 0 spiro atoms. The van der Waals surface area contributed by atoms with Crippen molar-refractivity contribution in [3.05, 3.63) is 114 Å². The summed E-state index contributed by atoms with van der Waals surface area (Å²) in [6.45, 7) is 6.32. The number of ether oxygens (including phenoxy) is 1. The van der Waals surface area contributed by atoms with Crippen LogP contribution in [-0.2, 0) is 0 Å². The molecule has 0 amide bonds. The zero-order valence-corrected chi connectivity index (χ0v) is 17.6. The molecule has 0 N–H and O–H groups in total. The van der Waals surface area contributed by atoms with Crippen LogP contribution in [-0.4, -0.2) is 7.11 Å². The summed E-state index contributed by atoms with van der Waals surface area (Å²) in [4.78, 5) is 0. The van der Waals surface area contributed by atoms with E-state index in [4.69, 9.17) is 4.74 Å². The van der Waals surface area contributed by atoms with Crippen LogP contribution in [0.5, 0.6) is 5.75 Å². The van der Waals surface area contributed by atoms with Crippen molar-refractivity contribution in [2.45, 2.75) is 20.8 Å². The van der Waals surface area contributed by atoms with Crippen LogP contribution in [0.15, 0.2) is 97.1 Å². The molecule has 0 aliphatic heterocycles. The number of methoxy groups -OCH3 is 1. The van der Waals surface area contributed by atoms with Gasteiger partial charge in [-0.3, -0.25) is 0 Å². The lowest BCUT2D eigenvalue weighted by molar-refractivity contribution is 0.415. The molecule has 1 nitrogen and oxygen atoms in total. The summed E-state index contributed by atoms with van der Waals surface area (Å²) >= 11 is 0. The Morgan fingerprint density at radius 3 is 0.862 bits per heavy atom. The van der Waals surface area contributed by atoms with Crippen molar-refractivity contribution in [1.29, 1.82) is 0 Å². The largest absolute Gasteiger partial charge is 0.497 e. The zero-order chi connectivity index (χ0) is 20.6. The van der Waals surface area contributed by atoms with E-state index in [9.17, 15) is 0 Å². The second kappa shape index (κ2) is 9.75. The normalized spacial score (nSPS) is 10.1. The van der Waals surface area contributed by atoms with Gasteiger partial charge < -0.3 is 4.74 Å². The first-order valence-corrected chi connectivity index (χ1v) is 9.90. The maximum atomic E-state index is 5.12. The van der Waals surface area contributed by atoms with E-state index in [2.05, 4.69) is 106 Å². The third-order valence-electron chi connectivity index (χ3n) is 4.91. The van der Waals surface area contributed by atoms with E-state index in [1.165, 1.54) is 38.9 Å². The minimum Gasteiger partial charge on any atom is -0.497 e. The molecule has 0 saturated carbocycles. The van der Waals surface area contributed by atoms with Crippen LogP contribution in [0.2, 0.25) is 0 Å². The summed E-state index contributed by atoms with van der Waals surface area (Å²) in [6, 6.07) is 33.9. The van der Waals surface area contributed by atoms with E-state index in [0.29, 0.717) is 0 Å². The summed E-state index contributed by atoms with van der Waals surface area (Å²) in [5, 5.41) is 0. The Morgan fingerprint density at radius 2 is 0.621 bits per heavy atom. The fourth-order valence-corrected chi connectivity index (χ4v) is 3.02. The van der Waals surface area contributed by atoms with Gasteiger partial charge in [-0.05, 0) is 55.2 Å². The van der Waals surface area contributed by atoms with E-state index in [-0.39, 0.29) is 0 Å². The average Bonchev–Trinajstić information content (AvgIpc) is 2.76. The Labute approximate surface area is 174 Å². The minimum absolute atomic E-state index is 0.894. The molecular formula is C28H28O. The average molecular weight is 381 g/mol. The highest BCUT2D eigenvalue weighted by Crippen LogP contribution is 2.22. The standard InChI is InChI=1S/C14H14O.C14H14/c1-11-3-5-12(6-4-11)13-7-9-14(15-2)10-8-13;1-11-3-7-13(8-4-11)14-9-5-12(2)6-10-14/h3-10H,1-2H3;3-10H,1-2H3. The molecular weight excluding hydrogens is 352 g/mol. The molecule has 0 radical (unpaired) electrons. The Hall–Kier alpha value is -3.32. The van der Waals surface area contributed by atoms with Crippen molar-refractivity contribution in [1.82, 2.24) is 0 Å². The topological polar surface area (TPSA) is 9.23 Å². The SMILES string of the molecule is COc1ccc(-c2ccc(C)cc2)cc1.Cc1ccc(-c2ccc(C)cc2)cc1. The molecule has 29 heavy (non-hydrogen) atoms. The molecule has 4 aromatic rings. The van der Waals surface area contributed by atoms with Crippen molar-refractivity contribution in [2.75, 3.05) is 7.11 Å². The highest BCUT2D eigenvalue weighted by Gasteiger charge is 1.97. The fraction of sp³-hybridized carbons (Fsp3) is 0.143. The molecule has 146 valence electrons. The molecule has 0 heterocycles. The lowest BCUT2D eigenvalue weighted by atomic mass is 10.0. The molecule has 0 saturated heterocycles. The van der Waals surface area contributed by atoms with Gasteiger partial charge in [0.25, 0.3) is 0 Å². The lowest BCUT2D eigenvalue weighted by Crippen LogP contribution is -1.82. The van der Waals surface area contributed by atoms with Gasteiger partial charge in [0.05, 0.1) is 7.11 Å². The van der Waals surface area contributed by atoms with Gasteiger partial charge in [0.1, 0.15) is 5.75 Å². The molecule has 0 unspecified atom stereocenters. The van der Waals surface area contributed by atoms with Gasteiger partial charge in [0.15, 0.2) is 0 Å². The fourth-order valence-electron chi connectivity index (χ4n) is 3.02. The molecule has 1 heteroatoms. The first-order chi connectivity index (χ1) is 14.0. The monoisotopic (exact) mass is 380 g/mol. The van der Waals surface area contributed by atoms with E-state index in [1.807, 2.05) is 12.1 Å². The molecule has 0 bridgehead atoms. The highest BCUT2D eigenvalue weighted by molar-refractivity contribution is 5.65. The van der Waals surface area contributed by atoms with Gasteiger partial charge >= 0.3 is 0 Å². The van der Waals surface area contributed by atoms with Crippen LogP contribution in [0.1, 0.15) is 16.7 Å². The Morgan fingerprint density at radius 1 is 0.379 bits per heavy atom. The van der Waals surface area contributed by atoms with Gasteiger partial charge in [-0.1, -0.05) is 102 Å². The van der Waals surface area contributed by atoms with Crippen molar-refractivity contribution in [3.8, 4) is 28.0 Å². The van der Waals surface area contributed by atoms with Gasteiger partial charge in [-0.2, -0.15) is 0 Å². The Balaban J connectivity index is 0.000000166. The van der Waals surface area contributed by atoms with Crippen LogP contribution in [0.4, 0.5) is 0 Å². The van der Waals surface area contributed by atoms with Crippen molar-refractivity contribution in [2.24, 2.45) is 0 Å². The summed E-state index contributed by atoms with van der Waals surface area (Å²) < 4.78 is 5.12. The summed E-state index contributed by atoms with van der Waals surface area (Å²) in [7, 11) is 1.68. The Kier molecular flexibility index (Phi) is 6.86. The predicted octanol–water partition coefficient (Wildman–Crippen LogP) is 7.64. The maximum absolute atomic E-state index is 5.12. The van der Waals surface area contributed by atoms with Crippen LogP contribution in [0.25, 0.3) is 22.3 Å². The number of rotatable bonds is 3. The van der Waals surface area contributed by atoms with E-state index < -0.39 is 0 Å². The molecule has 0 aliphatic carbocycles. The van der Waals surface area contributed by atoms with Gasteiger partial charge in [0.2, 0.25) is 0 Å². The van der Waals surface area contributed by atoms with Crippen molar-refractivity contribution >= 4 is 0 Å². The Bertz CT molecular complexity index is 966. The molecule has 0 atom stereocenters. The van der Waals surface area contributed by atoms with Gasteiger partial charge in [0, 0.05) is 0 Å². The summed E-state index contributed by atoms with van der Waals surface area (Å²) in [5.74, 6) is 0.894. The number of aryl methyl sites for hydroxylation is 3. The van der Waals surface area contributed by atoms with E-state index >= 15 is 0 Å². The second-order valence-electron chi connectivity index (χ2n) is 7.33. The van der Waals surface area contributed by atoms with Crippen molar-refractivity contribution in [3.63, 3.8) is 0 Å². The molecule has 0 aliphatic rings. The predicted molar refractivity (Wildman–Crippen MR) is 125 cm³/mol. The van der Waals surface area contributed by atoms with Crippen LogP contribution < -0.4 is 4.74 Å². The number of hydrogen-bond acceptors (Lipinski definition) is 1. The highest BCUT2D eigenvalue weighted by atomic mass is 16.5. The molecule has 4 aromatic carbocycles. The van der Waals surface area contributed by atoms with E-state index in [1.54, 1.807) is 7.11 Å². The lowest BCUT2D eigenvalue weighted by Gasteiger charge is -2.03. The zero-order valence-electron chi connectivity index (χ0n) is 17.6. The van der Waals surface area contributed by atoms with Gasteiger partial charge in [-0.15, -0.1) is 0 Å². The first-order valence-electron chi connectivity index (χ1n) is 9.90. The summed E-state index contributed by atoms with van der Waals surface area (Å²) in [5.41, 5.74) is 8.93. The van der Waals surface area contributed by atoms with Crippen LogP contribution >= 0.6 is 0 Å². The second-order valence-corrected chi connectivity index (χ2v) is 7.33. The molecule has 0 aromatic heterocycles. The van der Waals surface area contributed by atoms with Crippen LogP contribution in [0.3, 0.4) is 0 Å². The van der Waals surface area contributed by atoms with Gasteiger partial charge in [-0.25, -0.2) is 0 Å². The smallest absolute Gasteiger partial charge is 0.118 e. The third-order valence-corrected chi connectivity index (χ3v) is 4.91.